The van der Waals surface area contributed by atoms with Crippen LogP contribution in [-0.4, -0.2) is 50.5 Å². The Morgan fingerprint density at radius 1 is 0.806 bits per heavy atom. The second kappa shape index (κ2) is 9.10. The first-order valence-electron chi connectivity index (χ1n) is 11.2. The van der Waals surface area contributed by atoms with Crippen molar-refractivity contribution in [1.29, 1.82) is 0 Å². The van der Waals surface area contributed by atoms with Gasteiger partial charge in [0.25, 0.3) is 0 Å². The van der Waals surface area contributed by atoms with Gasteiger partial charge >= 0.3 is 0 Å². The molecular formula is C26H30N2O3+2. The maximum absolute atomic E-state index is 10.5. The second-order valence-electron chi connectivity index (χ2n) is 8.59. The summed E-state index contributed by atoms with van der Waals surface area (Å²) in [6.07, 6.45) is -0.470. The van der Waals surface area contributed by atoms with Crippen molar-refractivity contribution in [3.05, 3.63) is 78.4 Å². The molecule has 1 fully saturated rings. The molecule has 0 radical (unpaired) electrons. The number of piperazine rings is 1. The Hall–Kier alpha value is -2.86. The number of hydrogen-bond acceptors (Lipinski definition) is 3. The van der Waals surface area contributed by atoms with Gasteiger partial charge in [0.1, 0.15) is 68.9 Å². The zero-order valence-corrected chi connectivity index (χ0v) is 17.7. The van der Waals surface area contributed by atoms with Crippen molar-refractivity contribution in [2.75, 3.05) is 39.3 Å². The molecular weight excluding hydrogens is 388 g/mol. The van der Waals surface area contributed by atoms with E-state index in [4.69, 9.17) is 9.15 Å². The van der Waals surface area contributed by atoms with E-state index >= 15 is 0 Å². The van der Waals surface area contributed by atoms with Gasteiger partial charge in [0.05, 0.1) is 0 Å². The molecule has 31 heavy (non-hydrogen) atoms. The third-order valence-electron chi connectivity index (χ3n) is 6.28. The normalized spacial score (nSPS) is 20.2. The summed E-state index contributed by atoms with van der Waals surface area (Å²) in [6, 6.07) is 24.6. The summed E-state index contributed by atoms with van der Waals surface area (Å²) in [7, 11) is 0. The first-order chi connectivity index (χ1) is 15.2. The van der Waals surface area contributed by atoms with Crippen LogP contribution < -0.4 is 14.5 Å². The van der Waals surface area contributed by atoms with Gasteiger partial charge in [-0.05, 0) is 24.3 Å². The van der Waals surface area contributed by atoms with Gasteiger partial charge in [-0.1, -0.05) is 48.5 Å². The van der Waals surface area contributed by atoms with E-state index in [9.17, 15) is 5.11 Å². The molecule has 1 aliphatic rings. The average molecular weight is 419 g/mol. The monoisotopic (exact) mass is 418 g/mol. The molecule has 1 aromatic heterocycles. The van der Waals surface area contributed by atoms with E-state index < -0.39 is 6.10 Å². The predicted octanol–water partition coefficient (Wildman–Crippen LogP) is 1.31. The number of quaternary nitrogens is 2. The Bertz CT molecular complexity index is 1130. The van der Waals surface area contributed by atoms with Crippen molar-refractivity contribution in [3.63, 3.8) is 0 Å². The largest absolute Gasteiger partial charge is 0.491 e. The van der Waals surface area contributed by atoms with Crippen molar-refractivity contribution in [3.8, 4) is 5.75 Å². The molecule has 160 valence electrons. The van der Waals surface area contributed by atoms with Crippen molar-refractivity contribution in [1.82, 2.24) is 0 Å². The number of fused-ring (bicyclic) bond motifs is 3. The van der Waals surface area contributed by atoms with Crippen LogP contribution in [-0.2, 0) is 6.54 Å². The van der Waals surface area contributed by atoms with Gasteiger partial charge < -0.3 is 24.1 Å². The van der Waals surface area contributed by atoms with E-state index in [0.29, 0.717) is 6.61 Å². The Balaban J connectivity index is 1.11. The van der Waals surface area contributed by atoms with E-state index in [-0.39, 0.29) is 0 Å². The number of rotatable bonds is 7. The van der Waals surface area contributed by atoms with Gasteiger partial charge in [0, 0.05) is 16.3 Å². The molecule has 4 aromatic rings. The van der Waals surface area contributed by atoms with Crippen LogP contribution in [0.5, 0.6) is 5.75 Å². The summed E-state index contributed by atoms with van der Waals surface area (Å²) in [5.41, 5.74) is 3.14. The first-order valence-corrected chi connectivity index (χ1v) is 11.2. The van der Waals surface area contributed by atoms with E-state index in [2.05, 4.69) is 36.4 Å². The van der Waals surface area contributed by atoms with Gasteiger partial charge in [-0.25, -0.2) is 0 Å². The van der Waals surface area contributed by atoms with Crippen molar-refractivity contribution in [2.24, 2.45) is 0 Å². The number of furan rings is 1. The molecule has 2 heterocycles. The van der Waals surface area contributed by atoms with Crippen molar-refractivity contribution < 1.29 is 24.1 Å². The Morgan fingerprint density at radius 2 is 1.52 bits per heavy atom. The summed E-state index contributed by atoms with van der Waals surface area (Å²) in [5, 5.41) is 12.7. The van der Waals surface area contributed by atoms with E-state index in [1.54, 1.807) is 4.90 Å². The van der Waals surface area contributed by atoms with Crippen LogP contribution in [0.25, 0.3) is 21.9 Å². The number of para-hydroxylation sites is 1. The number of aliphatic hydroxyl groups excluding tert-OH is 1. The number of hydrogen-bond donors (Lipinski definition) is 3. The predicted molar refractivity (Wildman–Crippen MR) is 122 cm³/mol. The van der Waals surface area contributed by atoms with E-state index in [1.807, 2.05) is 36.4 Å². The van der Waals surface area contributed by atoms with Crippen LogP contribution in [0.3, 0.4) is 0 Å². The van der Waals surface area contributed by atoms with E-state index in [1.165, 1.54) is 10.5 Å². The molecule has 1 saturated heterocycles. The highest BCUT2D eigenvalue weighted by Crippen LogP contribution is 2.31. The minimum absolute atomic E-state index is 0.311. The fourth-order valence-corrected chi connectivity index (χ4v) is 4.60. The fourth-order valence-electron chi connectivity index (χ4n) is 4.60. The van der Waals surface area contributed by atoms with Gasteiger partial charge in [-0.15, -0.1) is 0 Å². The summed E-state index contributed by atoms with van der Waals surface area (Å²) in [6.45, 7) is 6.59. The molecule has 1 aliphatic heterocycles. The molecule has 5 heteroatoms. The maximum atomic E-state index is 10.5. The third-order valence-corrected chi connectivity index (χ3v) is 6.28. The van der Waals surface area contributed by atoms with Crippen LogP contribution in [0.1, 0.15) is 5.56 Å². The van der Waals surface area contributed by atoms with Crippen LogP contribution >= 0.6 is 0 Å². The summed E-state index contributed by atoms with van der Waals surface area (Å²) < 4.78 is 11.8. The maximum Gasteiger partial charge on any atom is 0.137 e. The van der Waals surface area contributed by atoms with Gasteiger partial charge in [0.15, 0.2) is 0 Å². The smallest absolute Gasteiger partial charge is 0.137 e. The van der Waals surface area contributed by atoms with Crippen molar-refractivity contribution >= 4 is 21.9 Å². The SMILES string of the molecule is O[C@@H](COc1ccc2oc3ccccc3c2c1)C[NH+]1CC[NH+](Cc2ccccc2)CC1. The van der Waals surface area contributed by atoms with E-state index in [0.717, 1.165) is 67.0 Å². The molecule has 1 atom stereocenters. The zero-order chi connectivity index (χ0) is 21.0. The van der Waals surface area contributed by atoms with Crippen LogP contribution in [0, 0.1) is 0 Å². The number of aliphatic hydroxyl groups is 1. The highest BCUT2D eigenvalue weighted by Gasteiger charge is 2.25. The molecule has 0 unspecified atom stereocenters. The summed E-state index contributed by atoms with van der Waals surface area (Å²) >= 11 is 0. The fraction of sp³-hybridized carbons (Fsp3) is 0.308. The lowest BCUT2D eigenvalue weighted by molar-refractivity contribution is -1.02. The minimum atomic E-state index is -0.470. The number of ether oxygens (including phenoxy) is 1. The highest BCUT2D eigenvalue weighted by atomic mass is 16.5. The van der Waals surface area contributed by atoms with Crippen LogP contribution in [0.4, 0.5) is 0 Å². The van der Waals surface area contributed by atoms with Gasteiger partial charge in [0.2, 0.25) is 0 Å². The first kappa shape index (κ1) is 20.1. The quantitative estimate of drug-likeness (QED) is 0.424. The molecule has 0 aliphatic carbocycles. The Labute approximate surface area is 182 Å². The lowest BCUT2D eigenvalue weighted by atomic mass is 10.1. The van der Waals surface area contributed by atoms with Gasteiger partial charge in [-0.3, -0.25) is 0 Å². The Morgan fingerprint density at radius 3 is 2.35 bits per heavy atom. The molecule has 3 aromatic carbocycles. The van der Waals surface area contributed by atoms with Crippen LogP contribution in [0.15, 0.2) is 77.2 Å². The molecule has 3 N–H and O–H groups in total. The molecule has 5 nitrogen and oxygen atoms in total. The molecule has 0 spiro atoms. The molecule has 5 rings (SSSR count). The summed E-state index contributed by atoms with van der Waals surface area (Å²) in [5.74, 6) is 0.769. The number of benzene rings is 3. The highest BCUT2D eigenvalue weighted by molar-refractivity contribution is 6.05. The second-order valence-corrected chi connectivity index (χ2v) is 8.59. The molecule has 0 amide bonds. The molecule has 0 bridgehead atoms. The van der Waals surface area contributed by atoms with Gasteiger partial charge in [-0.2, -0.15) is 0 Å². The van der Waals surface area contributed by atoms with Crippen molar-refractivity contribution in [2.45, 2.75) is 12.6 Å². The zero-order valence-electron chi connectivity index (χ0n) is 17.7. The van der Waals surface area contributed by atoms with Crippen LogP contribution in [0.2, 0.25) is 0 Å². The Kier molecular flexibility index (Phi) is 5.89. The topological polar surface area (TPSA) is 51.5 Å². The number of nitrogens with one attached hydrogen (secondary N) is 2. The molecule has 0 saturated carbocycles. The average Bonchev–Trinajstić information content (AvgIpc) is 3.18. The summed E-state index contributed by atoms with van der Waals surface area (Å²) in [4.78, 5) is 3.09. The minimum Gasteiger partial charge on any atom is -0.491 e. The third kappa shape index (κ3) is 4.74. The lowest BCUT2D eigenvalue weighted by Crippen LogP contribution is -3.28. The standard InChI is InChI=1S/C26H28N2O3/c29-21(18-28-14-12-27(13-15-28)17-20-6-2-1-3-7-20)19-30-22-10-11-26-24(16-22)23-8-4-5-9-25(23)31-26/h1-11,16,21,29H,12-15,17-19H2/p+2/t21-/m1/s1. The lowest BCUT2D eigenvalue weighted by Gasteiger charge is -2.30.